The van der Waals surface area contributed by atoms with Crippen molar-refractivity contribution in [1.82, 2.24) is 25.4 Å². The predicted molar refractivity (Wildman–Crippen MR) is 158 cm³/mol. The molecule has 3 fully saturated rings. The van der Waals surface area contributed by atoms with Gasteiger partial charge in [0, 0.05) is 49.4 Å². The highest BCUT2D eigenvalue weighted by atomic mass is 32.1. The zero-order valence-corrected chi connectivity index (χ0v) is 23.9. The molecule has 2 saturated heterocycles. The van der Waals surface area contributed by atoms with Crippen LogP contribution in [0.4, 0.5) is 27.2 Å². The van der Waals surface area contributed by atoms with Crippen LogP contribution in [0.5, 0.6) is 0 Å². The summed E-state index contributed by atoms with van der Waals surface area (Å²) in [5, 5.41) is 18.8. The van der Waals surface area contributed by atoms with Crippen LogP contribution in [0.25, 0.3) is 0 Å². The van der Waals surface area contributed by atoms with E-state index >= 15 is 0 Å². The summed E-state index contributed by atoms with van der Waals surface area (Å²) in [6, 6.07) is 10.0. The summed E-state index contributed by atoms with van der Waals surface area (Å²) < 4.78 is 5.33. The van der Waals surface area contributed by atoms with Gasteiger partial charge >= 0.3 is 6.03 Å². The molecule has 4 amide bonds. The van der Waals surface area contributed by atoms with Gasteiger partial charge < -0.3 is 30.9 Å². The molecule has 3 aromatic rings. The van der Waals surface area contributed by atoms with Gasteiger partial charge in [-0.1, -0.05) is 11.3 Å². The van der Waals surface area contributed by atoms with Gasteiger partial charge in [-0.2, -0.15) is 0 Å². The highest BCUT2D eigenvalue weighted by Gasteiger charge is 2.28. The van der Waals surface area contributed by atoms with E-state index in [9.17, 15) is 14.4 Å². The number of ether oxygens (including phenoxy) is 1. The standard InChI is InChI=1S/C28H33N9O4S/c29-23(38)21-9-10-22(32-24(21)30-19-7-5-18(6-8-19)26(39)36-12-14-41-15-13-36)37-11-1-2-20(16-37)31-27(40)33-28-35-34-25(42-28)17-3-4-17/h5-10,17,20H,1-4,11-16H2,(H2,29,38)(H,30,32)(H2,31,33,35,40)/t20-/m1/s1. The van der Waals surface area contributed by atoms with E-state index in [0.29, 0.717) is 66.8 Å². The van der Waals surface area contributed by atoms with Gasteiger partial charge in [0.2, 0.25) is 5.13 Å². The van der Waals surface area contributed by atoms with Gasteiger partial charge in [0.25, 0.3) is 11.8 Å². The Hall–Kier alpha value is -4.30. The summed E-state index contributed by atoms with van der Waals surface area (Å²) >= 11 is 1.42. The number of nitrogens with zero attached hydrogens (tertiary/aromatic N) is 5. The first-order chi connectivity index (χ1) is 20.4. The number of morpholine rings is 1. The maximum atomic E-state index is 12.8. The van der Waals surface area contributed by atoms with Crippen molar-refractivity contribution in [3.63, 3.8) is 0 Å². The van der Waals surface area contributed by atoms with Crippen LogP contribution in [0.1, 0.15) is 57.3 Å². The van der Waals surface area contributed by atoms with E-state index in [0.717, 1.165) is 37.2 Å². The zero-order valence-electron chi connectivity index (χ0n) is 23.0. The molecule has 0 bridgehead atoms. The number of carbonyl (C=O) groups excluding carboxylic acids is 3. The molecule has 6 rings (SSSR count). The number of urea groups is 1. The number of nitrogens with one attached hydrogen (secondary N) is 3. The molecule has 0 spiro atoms. The quantitative estimate of drug-likeness (QED) is 0.308. The summed E-state index contributed by atoms with van der Waals surface area (Å²) in [6.07, 6.45) is 3.95. The average Bonchev–Trinajstić information content (AvgIpc) is 3.76. The fraction of sp³-hybridized carbons (Fsp3) is 0.429. The van der Waals surface area contributed by atoms with Gasteiger partial charge in [-0.3, -0.25) is 14.9 Å². The number of rotatable bonds is 8. The molecule has 4 heterocycles. The monoisotopic (exact) mass is 591 g/mol. The third kappa shape index (κ3) is 6.60. The molecule has 1 atom stereocenters. The number of primary amides is 1. The van der Waals surface area contributed by atoms with Gasteiger partial charge in [0.05, 0.1) is 18.8 Å². The molecular formula is C28H33N9O4S. The van der Waals surface area contributed by atoms with Crippen LogP contribution in [0, 0.1) is 0 Å². The Kier molecular flexibility index (Phi) is 8.15. The Bertz CT molecular complexity index is 1450. The molecule has 13 nitrogen and oxygen atoms in total. The fourth-order valence-corrected chi connectivity index (χ4v) is 6.01. The lowest BCUT2D eigenvalue weighted by Gasteiger charge is -2.34. The summed E-state index contributed by atoms with van der Waals surface area (Å²) in [5.41, 5.74) is 7.14. The highest BCUT2D eigenvalue weighted by molar-refractivity contribution is 7.15. The summed E-state index contributed by atoms with van der Waals surface area (Å²) in [6.45, 7) is 3.52. The first kappa shape index (κ1) is 27.8. The smallest absolute Gasteiger partial charge is 0.321 e. The average molecular weight is 592 g/mol. The Morgan fingerprint density at radius 1 is 0.976 bits per heavy atom. The normalized spacial score (nSPS) is 18.8. The Morgan fingerprint density at radius 2 is 1.76 bits per heavy atom. The molecule has 0 unspecified atom stereocenters. The first-order valence-electron chi connectivity index (χ1n) is 14.1. The van der Waals surface area contributed by atoms with Crippen LogP contribution in [-0.4, -0.2) is 83.4 Å². The molecule has 2 aliphatic heterocycles. The number of piperidine rings is 1. The SMILES string of the molecule is NC(=O)c1ccc(N2CCC[C@@H](NC(=O)Nc3nnc(C4CC4)s3)C2)nc1Nc1ccc(C(=O)N2CCOCC2)cc1. The van der Waals surface area contributed by atoms with Crippen LogP contribution in [0.15, 0.2) is 36.4 Å². The van der Waals surface area contributed by atoms with Crippen molar-refractivity contribution in [2.75, 3.05) is 54.9 Å². The zero-order chi connectivity index (χ0) is 29.1. The Labute approximate surface area is 246 Å². The van der Waals surface area contributed by atoms with Crippen LogP contribution in [0.3, 0.4) is 0 Å². The van der Waals surface area contributed by atoms with Crippen molar-refractivity contribution in [3.05, 3.63) is 52.5 Å². The number of hydrogen-bond donors (Lipinski definition) is 4. The Morgan fingerprint density at radius 3 is 2.50 bits per heavy atom. The molecular weight excluding hydrogens is 558 g/mol. The molecule has 220 valence electrons. The lowest BCUT2D eigenvalue weighted by molar-refractivity contribution is 0.0303. The minimum atomic E-state index is -0.605. The predicted octanol–water partition coefficient (Wildman–Crippen LogP) is 2.92. The minimum Gasteiger partial charge on any atom is -0.378 e. The van der Waals surface area contributed by atoms with Crippen molar-refractivity contribution < 1.29 is 19.1 Å². The molecule has 5 N–H and O–H groups in total. The first-order valence-corrected chi connectivity index (χ1v) is 15.0. The number of amides is 4. The second-order valence-corrected chi connectivity index (χ2v) is 11.6. The number of benzene rings is 1. The van der Waals surface area contributed by atoms with E-state index in [2.05, 4.69) is 31.0 Å². The van der Waals surface area contributed by atoms with Crippen LogP contribution in [0.2, 0.25) is 0 Å². The van der Waals surface area contributed by atoms with Crippen LogP contribution < -0.4 is 26.6 Å². The lowest BCUT2D eigenvalue weighted by atomic mass is 10.1. The van der Waals surface area contributed by atoms with Crippen LogP contribution in [-0.2, 0) is 4.74 Å². The molecule has 1 saturated carbocycles. The van der Waals surface area contributed by atoms with Gasteiger partial charge in [-0.25, -0.2) is 9.78 Å². The Balaban J connectivity index is 1.10. The van der Waals surface area contributed by atoms with Crippen molar-refractivity contribution in [2.24, 2.45) is 5.73 Å². The largest absolute Gasteiger partial charge is 0.378 e. The number of pyridine rings is 1. The molecule has 14 heteroatoms. The van der Waals surface area contributed by atoms with Gasteiger partial charge in [0.1, 0.15) is 16.6 Å². The minimum absolute atomic E-state index is 0.0453. The van der Waals surface area contributed by atoms with Crippen LogP contribution >= 0.6 is 11.3 Å². The van der Waals surface area contributed by atoms with E-state index < -0.39 is 5.91 Å². The molecule has 0 radical (unpaired) electrons. The van der Waals surface area contributed by atoms with E-state index in [1.165, 1.54) is 11.3 Å². The number of hydrogen-bond acceptors (Lipinski definition) is 10. The van der Waals surface area contributed by atoms with Crippen molar-refractivity contribution in [3.8, 4) is 0 Å². The number of nitrogens with two attached hydrogens (primary N) is 1. The molecule has 2 aromatic heterocycles. The van der Waals surface area contributed by atoms with E-state index in [1.807, 2.05) is 0 Å². The third-order valence-corrected chi connectivity index (χ3v) is 8.51. The topological polar surface area (TPSA) is 168 Å². The second kappa shape index (κ2) is 12.3. The highest BCUT2D eigenvalue weighted by Crippen LogP contribution is 2.42. The number of anilines is 4. The maximum Gasteiger partial charge on any atom is 0.321 e. The van der Waals surface area contributed by atoms with Gasteiger partial charge in [-0.05, 0) is 62.1 Å². The number of carbonyl (C=O) groups is 3. The van der Waals surface area contributed by atoms with E-state index in [-0.39, 0.29) is 23.5 Å². The molecule has 3 aliphatic rings. The summed E-state index contributed by atoms with van der Waals surface area (Å²) in [7, 11) is 0. The van der Waals surface area contributed by atoms with Crippen molar-refractivity contribution >= 4 is 51.6 Å². The fourth-order valence-electron chi connectivity index (χ4n) is 5.10. The summed E-state index contributed by atoms with van der Waals surface area (Å²) in [5.74, 6) is 0.822. The lowest BCUT2D eigenvalue weighted by Crippen LogP contribution is -2.49. The number of aromatic nitrogens is 3. The second-order valence-electron chi connectivity index (χ2n) is 10.6. The maximum absolute atomic E-state index is 12.8. The van der Waals surface area contributed by atoms with E-state index in [4.69, 9.17) is 15.5 Å². The van der Waals surface area contributed by atoms with Gasteiger partial charge in [0.15, 0.2) is 0 Å². The summed E-state index contributed by atoms with van der Waals surface area (Å²) in [4.78, 5) is 46.2. The third-order valence-electron chi connectivity index (χ3n) is 7.51. The van der Waals surface area contributed by atoms with Gasteiger partial charge in [-0.15, -0.1) is 10.2 Å². The molecule has 42 heavy (non-hydrogen) atoms. The van der Waals surface area contributed by atoms with Crippen molar-refractivity contribution in [1.29, 1.82) is 0 Å². The van der Waals surface area contributed by atoms with E-state index in [1.54, 1.807) is 41.3 Å². The molecule has 1 aliphatic carbocycles. The molecule has 1 aromatic carbocycles. The van der Waals surface area contributed by atoms with Crippen molar-refractivity contribution in [2.45, 2.75) is 37.6 Å².